The number of nitrogens with zero attached hydrogens (tertiary/aromatic N) is 1. The fourth-order valence-electron chi connectivity index (χ4n) is 0.509. The van der Waals surface area contributed by atoms with Gasteiger partial charge in [-0.15, -0.1) is 12.4 Å². The van der Waals surface area contributed by atoms with E-state index in [-0.39, 0.29) is 12.4 Å². The minimum absolute atomic E-state index is 0. The zero-order valence-corrected chi connectivity index (χ0v) is 6.78. The van der Waals surface area contributed by atoms with Gasteiger partial charge in [0.2, 0.25) is 0 Å². The van der Waals surface area contributed by atoms with E-state index < -0.39 is 0 Å². The predicted molar refractivity (Wildman–Crippen MR) is 47.4 cm³/mol. The summed E-state index contributed by atoms with van der Waals surface area (Å²) < 4.78 is 0. The standard InChI is InChI=1S/C6H6N2S.ClH/c7-6(9)5-2-1-3-8-4-5;/h1-4H,(H2,7,9);1H. The third kappa shape index (κ3) is 2.29. The first-order chi connectivity index (χ1) is 4.30. The summed E-state index contributed by atoms with van der Waals surface area (Å²) in [6.07, 6.45) is 3.32. The van der Waals surface area contributed by atoms with Crippen molar-refractivity contribution in [2.45, 2.75) is 0 Å². The number of aromatic nitrogens is 1. The second kappa shape index (κ2) is 4.19. The van der Waals surface area contributed by atoms with Crippen LogP contribution in [-0.4, -0.2) is 9.97 Å². The van der Waals surface area contributed by atoms with Crippen molar-refractivity contribution in [2.75, 3.05) is 0 Å². The lowest BCUT2D eigenvalue weighted by molar-refractivity contribution is 1.32. The van der Waals surface area contributed by atoms with Crippen molar-refractivity contribution in [1.82, 2.24) is 4.98 Å². The fourth-order valence-corrected chi connectivity index (χ4v) is 0.629. The van der Waals surface area contributed by atoms with Crippen LogP contribution in [0.5, 0.6) is 0 Å². The van der Waals surface area contributed by atoms with Crippen molar-refractivity contribution in [3.05, 3.63) is 30.1 Å². The van der Waals surface area contributed by atoms with Crippen LogP contribution >= 0.6 is 24.6 Å². The van der Waals surface area contributed by atoms with E-state index in [4.69, 9.17) is 18.0 Å². The Morgan fingerprint density at radius 3 is 2.60 bits per heavy atom. The molecule has 1 heterocycles. The molecule has 0 amide bonds. The largest absolute Gasteiger partial charge is 0.389 e. The van der Waals surface area contributed by atoms with Crippen LogP contribution in [0.15, 0.2) is 24.5 Å². The highest BCUT2D eigenvalue weighted by molar-refractivity contribution is 7.80. The zero-order valence-electron chi connectivity index (χ0n) is 5.15. The summed E-state index contributed by atoms with van der Waals surface area (Å²) in [5.74, 6) is 0. The lowest BCUT2D eigenvalue weighted by Crippen LogP contribution is -2.08. The Balaban J connectivity index is 0.000000810. The molecule has 0 aromatic carbocycles. The number of thiocarbonyl (C=S) groups is 1. The Morgan fingerprint density at radius 1 is 1.60 bits per heavy atom. The SMILES string of the molecule is Cl.NC(=S)c1cccnc1. The maximum atomic E-state index is 5.31. The molecule has 2 nitrogen and oxygen atoms in total. The van der Waals surface area contributed by atoms with Crippen molar-refractivity contribution in [3.8, 4) is 0 Å². The molecule has 0 saturated carbocycles. The Kier molecular flexibility index (Phi) is 3.91. The molecule has 0 aliphatic carbocycles. The number of halogens is 1. The third-order valence-electron chi connectivity index (χ3n) is 0.946. The van der Waals surface area contributed by atoms with Crippen LogP contribution in [-0.2, 0) is 0 Å². The van der Waals surface area contributed by atoms with Crippen molar-refractivity contribution >= 4 is 29.6 Å². The van der Waals surface area contributed by atoms with Gasteiger partial charge in [-0.1, -0.05) is 12.2 Å². The highest BCUT2D eigenvalue weighted by Gasteiger charge is 1.90. The smallest absolute Gasteiger partial charge is 0.105 e. The highest BCUT2D eigenvalue weighted by atomic mass is 35.5. The summed E-state index contributed by atoms with van der Waals surface area (Å²) in [6.45, 7) is 0. The van der Waals surface area contributed by atoms with Gasteiger partial charge in [-0.3, -0.25) is 4.98 Å². The van der Waals surface area contributed by atoms with Crippen molar-refractivity contribution in [2.24, 2.45) is 5.73 Å². The second-order valence-electron chi connectivity index (χ2n) is 1.61. The van der Waals surface area contributed by atoms with E-state index in [0.717, 1.165) is 5.56 Å². The molecular formula is C6H7ClN2S. The molecule has 0 radical (unpaired) electrons. The molecule has 0 aliphatic heterocycles. The molecule has 0 saturated heterocycles. The quantitative estimate of drug-likeness (QED) is 0.649. The van der Waals surface area contributed by atoms with E-state index in [1.807, 2.05) is 6.07 Å². The molecule has 10 heavy (non-hydrogen) atoms. The molecule has 1 rings (SSSR count). The number of nitrogens with two attached hydrogens (primary N) is 1. The molecule has 0 unspecified atom stereocenters. The van der Waals surface area contributed by atoms with Gasteiger partial charge in [0.05, 0.1) is 0 Å². The van der Waals surface area contributed by atoms with Gasteiger partial charge in [0, 0.05) is 18.0 Å². The van der Waals surface area contributed by atoms with Crippen LogP contribution in [0.1, 0.15) is 5.56 Å². The molecule has 4 heteroatoms. The van der Waals surface area contributed by atoms with Crippen LogP contribution in [0.3, 0.4) is 0 Å². The Morgan fingerprint density at radius 2 is 2.30 bits per heavy atom. The van der Waals surface area contributed by atoms with E-state index in [1.54, 1.807) is 18.5 Å². The minimum Gasteiger partial charge on any atom is -0.389 e. The van der Waals surface area contributed by atoms with E-state index >= 15 is 0 Å². The van der Waals surface area contributed by atoms with Crippen molar-refractivity contribution < 1.29 is 0 Å². The lowest BCUT2D eigenvalue weighted by Gasteiger charge is -1.92. The van der Waals surface area contributed by atoms with Crippen LogP contribution in [0.25, 0.3) is 0 Å². The van der Waals surface area contributed by atoms with E-state index in [0.29, 0.717) is 4.99 Å². The molecule has 1 aromatic heterocycles. The van der Waals surface area contributed by atoms with Gasteiger partial charge in [-0.25, -0.2) is 0 Å². The summed E-state index contributed by atoms with van der Waals surface area (Å²) in [5, 5.41) is 0. The topological polar surface area (TPSA) is 38.9 Å². The normalized spacial score (nSPS) is 8.00. The summed E-state index contributed by atoms with van der Waals surface area (Å²) in [4.78, 5) is 4.23. The number of rotatable bonds is 1. The van der Waals surface area contributed by atoms with Gasteiger partial charge in [-0.2, -0.15) is 0 Å². The molecule has 0 atom stereocenters. The molecule has 0 fully saturated rings. The third-order valence-corrected chi connectivity index (χ3v) is 1.18. The fraction of sp³-hybridized carbons (Fsp3) is 0. The molecule has 0 bridgehead atoms. The monoisotopic (exact) mass is 174 g/mol. The number of pyridine rings is 1. The molecule has 2 N–H and O–H groups in total. The van der Waals surface area contributed by atoms with Gasteiger partial charge in [0.15, 0.2) is 0 Å². The van der Waals surface area contributed by atoms with Crippen LogP contribution in [0.4, 0.5) is 0 Å². The molecule has 1 aromatic rings. The van der Waals surface area contributed by atoms with Crippen molar-refractivity contribution in [3.63, 3.8) is 0 Å². The first-order valence-electron chi connectivity index (χ1n) is 2.50. The summed E-state index contributed by atoms with van der Waals surface area (Å²) in [7, 11) is 0. The predicted octanol–water partition coefficient (Wildman–Crippen LogP) is 1.14. The van der Waals surface area contributed by atoms with Gasteiger partial charge < -0.3 is 5.73 Å². The molecule has 54 valence electrons. The highest BCUT2D eigenvalue weighted by Crippen LogP contribution is 1.92. The summed E-state index contributed by atoms with van der Waals surface area (Å²) in [5.41, 5.74) is 6.12. The van der Waals surface area contributed by atoms with Crippen molar-refractivity contribution in [1.29, 1.82) is 0 Å². The maximum Gasteiger partial charge on any atom is 0.105 e. The summed E-state index contributed by atoms with van der Waals surface area (Å²) >= 11 is 4.70. The average molecular weight is 175 g/mol. The van der Waals surface area contributed by atoms with Gasteiger partial charge in [0.25, 0.3) is 0 Å². The summed E-state index contributed by atoms with van der Waals surface area (Å²) in [6, 6.07) is 3.63. The second-order valence-corrected chi connectivity index (χ2v) is 2.05. The Hall–Kier alpha value is -0.670. The Bertz CT molecular complexity index is 212. The lowest BCUT2D eigenvalue weighted by atomic mass is 10.3. The minimum atomic E-state index is 0. The van der Waals surface area contributed by atoms with E-state index in [9.17, 15) is 0 Å². The van der Waals surface area contributed by atoms with Crippen LogP contribution < -0.4 is 5.73 Å². The zero-order chi connectivity index (χ0) is 6.69. The molecule has 0 spiro atoms. The van der Waals surface area contributed by atoms with Gasteiger partial charge >= 0.3 is 0 Å². The molecular weight excluding hydrogens is 168 g/mol. The molecule has 0 aliphatic rings. The maximum absolute atomic E-state index is 5.31. The Labute approximate surface area is 70.9 Å². The number of hydrogen-bond acceptors (Lipinski definition) is 2. The first kappa shape index (κ1) is 9.33. The number of hydrogen-bond donors (Lipinski definition) is 1. The first-order valence-corrected chi connectivity index (χ1v) is 2.91. The van der Waals surface area contributed by atoms with Crippen LogP contribution in [0.2, 0.25) is 0 Å². The van der Waals surface area contributed by atoms with Gasteiger partial charge in [0.1, 0.15) is 4.99 Å². The van der Waals surface area contributed by atoms with Gasteiger partial charge in [-0.05, 0) is 12.1 Å². The van der Waals surface area contributed by atoms with Crippen LogP contribution in [0, 0.1) is 0 Å². The van der Waals surface area contributed by atoms with E-state index in [1.165, 1.54) is 0 Å². The van der Waals surface area contributed by atoms with E-state index in [2.05, 4.69) is 4.98 Å². The average Bonchev–Trinajstić information content (AvgIpc) is 1.90.